The number of nitrogens with zero attached hydrogens (tertiary/aromatic N) is 3. The lowest BCUT2D eigenvalue weighted by molar-refractivity contribution is 0.0717. The molecule has 1 fully saturated rings. The topological polar surface area (TPSA) is 75.2 Å². The standard InChI is InChI=1S/C25H28N4O2S2/c1-15-22(33-16(2)26-15)25(31)29-12-10-18(11-13-29)24-28-21(14-32-24)23(30)27-20-9-5-7-17-6-3-4-8-19(17)20/h3-4,6,8,14,18,20H,5,7,9-13H2,1-2H3,(H,27,30). The van der Waals surface area contributed by atoms with Gasteiger partial charge in [0.2, 0.25) is 0 Å². The van der Waals surface area contributed by atoms with Gasteiger partial charge in [0.1, 0.15) is 10.6 Å². The van der Waals surface area contributed by atoms with Crippen molar-refractivity contribution in [1.82, 2.24) is 20.2 Å². The van der Waals surface area contributed by atoms with Crippen molar-refractivity contribution < 1.29 is 9.59 Å². The van der Waals surface area contributed by atoms with Crippen molar-refractivity contribution in [3.8, 4) is 0 Å². The van der Waals surface area contributed by atoms with Gasteiger partial charge in [-0.2, -0.15) is 0 Å². The zero-order chi connectivity index (χ0) is 22.9. The van der Waals surface area contributed by atoms with E-state index in [-0.39, 0.29) is 17.9 Å². The van der Waals surface area contributed by atoms with E-state index < -0.39 is 0 Å². The Hall–Kier alpha value is -2.58. The summed E-state index contributed by atoms with van der Waals surface area (Å²) in [7, 11) is 0. The molecule has 0 bridgehead atoms. The van der Waals surface area contributed by atoms with Gasteiger partial charge in [0.05, 0.1) is 21.8 Å². The first-order valence-electron chi connectivity index (χ1n) is 11.6. The molecule has 8 heteroatoms. The van der Waals surface area contributed by atoms with E-state index in [0.717, 1.165) is 52.7 Å². The number of hydrogen-bond donors (Lipinski definition) is 1. The highest BCUT2D eigenvalue weighted by atomic mass is 32.1. The second-order valence-corrected chi connectivity index (χ2v) is 11.0. The van der Waals surface area contributed by atoms with Crippen LogP contribution in [0.25, 0.3) is 0 Å². The fraction of sp³-hybridized carbons (Fsp3) is 0.440. The number of benzene rings is 1. The number of likely N-dealkylation sites (tertiary alicyclic amines) is 1. The molecule has 0 radical (unpaired) electrons. The summed E-state index contributed by atoms with van der Waals surface area (Å²) in [5.74, 6) is 0.284. The van der Waals surface area contributed by atoms with Crippen LogP contribution in [0.2, 0.25) is 0 Å². The summed E-state index contributed by atoms with van der Waals surface area (Å²) >= 11 is 3.03. The van der Waals surface area contributed by atoms with Crippen molar-refractivity contribution in [2.24, 2.45) is 0 Å². The highest BCUT2D eigenvalue weighted by Gasteiger charge is 2.29. The molecule has 1 unspecified atom stereocenters. The molecular formula is C25H28N4O2S2. The number of fused-ring (bicyclic) bond motifs is 1. The van der Waals surface area contributed by atoms with Crippen molar-refractivity contribution in [3.05, 3.63) is 67.1 Å². The summed E-state index contributed by atoms with van der Waals surface area (Å²) in [6, 6.07) is 8.44. The van der Waals surface area contributed by atoms with Crippen molar-refractivity contribution in [2.45, 2.75) is 57.9 Å². The summed E-state index contributed by atoms with van der Waals surface area (Å²) in [6.07, 6.45) is 4.86. The fourth-order valence-electron chi connectivity index (χ4n) is 4.92. The predicted octanol–water partition coefficient (Wildman–Crippen LogP) is 5.04. The molecule has 3 aromatic rings. The van der Waals surface area contributed by atoms with E-state index in [2.05, 4.69) is 28.5 Å². The largest absolute Gasteiger partial charge is 0.344 e. The van der Waals surface area contributed by atoms with Gasteiger partial charge in [0.15, 0.2) is 0 Å². The van der Waals surface area contributed by atoms with Crippen LogP contribution in [0.5, 0.6) is 0 Å². The molecule has 1 aliphatic carbocycles. The maximum absolute atomic E-state index is 12.9. The average Bonchev–Trinajstić information content (AvgIpc) is 3.45. The summed E-state index contributed by atoms with van der Waals surface area (Å²) in [5, 5.41) is 7.01. The van der Waals surface area contributed by atoms with E-state index >= 15 is 0 Å². The first-order valence-corrected chi connectivity index (χ1v) is 13.3. The Kier molecular flexibility index (Phi) is 6.29. The quantitative estimate of drug-likeness (QED) is 0.567. The molecule has 5 rings (SSSR count). The van der Waals surface area contributed by atoms with Crippen molar-refractivity contribution in [3.63, 3.8) is 0 Å². The molecular weight excluding hydrogens is 452 g/mol. The van der Waals surface area contributed by atoms with Gasteiger partial charge in [-0.05, 0) is 57.1 Å². The van der Waals surface area contributed by atoms with Crippen LogP contribution in [0.4, 0.5) is 0 Å². The minimum absolute atomic E-state index is 0.0562. The van der Waals surface area contributed by atoms with E-state index in [1.54, 1.807) is 11.3 Å². The van der Waals surface area contributed by atoms with Crippen LogP contribution in [0.15, 0.2) is 29.6 Å². The number of thiazole rings is 2. The first-order chi connectivity index (χ1) is 16.0. The normalized spacial score (nSPS) is 18.7. The summed E-state index contributed by atoms with van der Waals surface area (Å²) in [5.41, 5.74) is 3.89. The molecule has 2 aliphatic rings. The molecule has 6 nitrogen and oxygen atoms in total. The van der Waals surface area contributed by atoms with Gasteiger partial charge in [-0.3, -0.25) is 9.59 Å². The SMILES string of the molecule is Cc1nc(C)c(C(=O)N2CCC(c3nc(C(=O)NC4CCCc5ccccc54)cs3)CC2)s1. The van der Waals surface area contributed by atoms with Crippen molar-refractivity contribution in [1.29, 1.82) is 0 Å². The monoisotopic (exact) mass is 480 g/mol. The summed E-state index contributed by atoms with van der Waals surface area (Å²) in [4.78, 5) is 37.6. The average molecular weight is 481 g/mol. The predicted molar refractivity (Wildman–Crippen MR) is 131 cm³/mol. The van der Waals surface area contributed by atoms with Crippen LogP contribution in [-0.2, 0) is 6.42 Å². The van der Waals surface area contributed by atoms with Gasteiger partial charge in [0.25, 0.3) is 11.8 Å². The van der Waals surface area contributed by atoms with Gasteiger partial charge in [0, 0.05) is 24.4 Å². The Balaban J connectivity index is 1.20. The molecule has 2 amide bonds. The minimum Gasteiger partial charge on any atom is -0.344 e. The molecule has 3 heterocycles. The lowest BCUT2D eigenvalue weighted by atomic mass is 9.88. The number of carbonyl (C=O) groups excluding carboxylic acids is 2. The van der Waals surface area contributed by atoms with Crippen LogP contribution < -0.4 is 5.32 Å². The Morgan fingerprint density at radius 1 is 1.09 bits per heavy atom. The van der Waals surface area contributed by atoms with Gasteiger partial charge in [-0.15, -0.1) is 22.7 Å². The molecule has 0 saturated carbocycles. The van der Waals surface area contributed by atoms with Crippen molar-refractivity contribution in [2.75, 3.05) is 13.1 Å². The van der Waals surface area contributed by atoms with Crippen LogP contribution in [0, 0.1) is 13.8 Å². The van der Waals surface area contributed by atoms with E-state index in [4.69, 9.17) is 4.98 Å². The molecule has 1 N–H and O–H groups in total. The lowest BCUT2D eigenvalue weighted by Crippen LogP contribution is -2.37. The second kappa shape index (κ2) is 9.35. The number of carbonyl (C=O) groups is 2. The molecule has 1 aromatic carbocycles. The van der Waals surface area contributed by atoms with Crippen LogP contribution in [0.1, 0.15) is 84.6 Å². The third-order valence-electron chi connectivity index (χ3n) is 6.66. The zero-order valence-electron chi connectivity index (χ0n) is 19.0. The third-order valence-corrected chi connectivity index (χ3v) is 8.73. The number of nitrogens with one attached hydrogen (secondary N) is 1. The molecule has 0 spiro atoms. The highest BCUT2D eigenvalue weighted by Crippen LogP contribution is 2.33. The summed E-state index contributed by atoms with van der Waals surface area (Å²) in [6.45, 7) is 5.25. The third kappa shape index (κ3) is 4.59. The molecule has 1 aliphatic heterocycles. The Morgan fingerprint density at radius 2 is 1.88 bits per heavy atom. The second-order valence-electron chi connectivity index (χ2n) is 8.90. The maximum Gasteiger partial charge on any atom is 0.271 e. The fourth-order valence-corrected chi connectivity index (χ4v) is 6.78. The number of piperidine rings is 1. The van der Waals surface area contributed by atoms with Crippen LogP contribution >= 0.6 is 22.7 Å². The molecule has 2 aromatic heterocycles. The van der Waals surface area contributed by atoms with Crippen LogP contribution in [0.3, 0.4) is 0 Å². The number of rotatable bonds is 4. The Labute approximate surface area is 202 Å². The van der Waals surface area contributed by atoms with Gasteiger partial charge < -0.3 is 10.2 Å². The lowest BCUT2D eigenvalue weighted by Gasteiger charge is -2.31. The van der Waals surface area contributed by atoms with E-state index in [1.165, 1.54) is 22.5 Å². The van der Waals surface area contributed by atoms with Crippen molar-refractivity contribution >= 4 is 34.5 Å². The Morgan fingerprint density at radius 3 is 2.64 bits per heavy atom. The van der Waals surface area contributed by atoms with E-state index in [0.29, 0.717) is 24.7 Å². The van der Waals surface area contributed by atoms with Gasteiger partial charge in [-0.1, -0.05) is 24.3 Å². The molecule has 1 atom stereocenters. The van der Waals surface area contributed by atoms with E-state index in [1.807, 2.05) is 30.2 Å². The number of hydrogen-bond acceptors (Lipinski definition) is 6. The molecule has 172 valence electrons. The molecule has 33 heavy (non-hydrogen) atoms. The summed E-state index contributed by atoms with van der Waals surface area (Å²) < 4.78 is 0. The smallest absolute Gasteiger partial charge is 0.271 e. The van der Waals surface area contributed by atoms with Crippen LogP contribution in [-0.4, -0.2) is 39.8 Å². The van der Waals surface area contributed by atoms with Gasteiger partial charge in [-0.25, -0.2) is 9.97 Å². The maximum atomic E-state index is 12.9. The zero-order valence-corrected chi connectivity index (χ0v) is 20.6. The number of aromatic nitrogens is 2. The number of aryl methyl sites for hydroxylation is 3. The number of amides is 2. The first kappa shape index (κ1) is 22.2. The van der Waals surface area contributed by atoms with E-state index in [9.17, 15) is 9.59 Å². The van der Waals surface area contributed by atoms with Gasteiger partial charge >= 0.3 is 0 Å². The molecule has 1 saturated heterocycles. The minimum atomic E-state index is -0.0946. The Bertz CT molecular complexity index is 1180. The highest BCUT2D eigenvalue weighted by molar-refractivity contribution is 7.13.